The number of carbonyl (C=O) groups excluding carboxylic acids is 1. The number of alkyl halides is 3. The summed E-state index contributed by atoms with van der Waals surface area (Å²) in [5, 5.41) is 6.09. The second-order valence-corrected chi connectivity index (χ2v) is 3.12. The molecule has 0 saturated heterocycles. The van der Waals surface area contributed by atoms with E-state index in [-0.39, 0.29) is 11.3 Å². The van der Waals surface area contributed by atoms with E-state index in [1.54, 1.807) is 0 Å². The number of isocyanates is 1. The largest absolute Gasteiger partial charge is 0.442 e. The van der Waals surface area contributed by atoms with Gasteiger partial charge in [0.1, 0.15) is 0 Å². The second-order valence-electron chi connectivity index (χ2n) is 3.12. The average molecular weight is 227 g/mol. The molecule has 0 atom stereocenters. The molecule has 16 heavy (non-hydrogen) atoms. The molecular formula is C9H4F3N3O. The summed E-state index contributed by atoms with van der Waals surface area (Å²) in [6.45, 7) is 0. The molecule has 0 aromatic heterocycles. The molecule has 0 saturated carbocycles. The number of benzene rings is 1. The summed E-state index contributed by atoms with van der Waals surface area (Å²) >= 11 is 0. The lowest BCUT2D eigenvalue weighted by Crippen LogP contribution is -2.29. The maximum atomic E-state index is 12.6. The van der Waals surface area contributed by atoms with Crippen molar-refractivity contribution in [2.45, 2.75) is 11.8 Å². The van der Waals surface area contributed by atoms with Crippen molar-refractivity contribution >= 4 is 11.8 Å². The molecule has 0 spiro atoms. The molecule has 0 bridgehead atoms. The van der Waals surface area contributed by atoms with Crippen molar-refractivity contribution in [2.75, 3.05) is 0 Å². The Labute approximate surface area is 87.5 Å². The fourth-order valence-electron chi connectivity index (χ4n) is 1.26. The van der Waals surface area contributed by atoms with Gasteiger partial charge in [0.15, 0.2) is 0 Å². The first-order chi connectivity index (χ1) is 7.49. The molecule has 7 heteroatoms. The van der Waals surface area contributed by atoms with Gasteiger partial charge in [-0.25, -0.2) is 4.79 Å². The quantitative estimate of drug-likeness (QED) is 0.566. The van der Waals surface area contributed by atoms with E-state index in [2.05, 4.69) is 15.2 Å². The van der Waals surface area contributed by atoms with Crippen molar-refractivity contribution in [3.8, 4) is 0 Å². The molecule has 1 heterocycles. The standard InChI is InChI=1S/C9H4F3N3O/c10-9(11,12)8(14-15-8)6-1-3-7(4-2-6)13-5-16/h1-4H. The molecule has 0 aliphatic carbocycles. The highest BCUT2D eigenvalue weighted by atomic mass is 19.4. The molecule has 2 rings (SSSR count). The zero-order valence-corrected chi connectivity index (χ0v) is 7.69. The van der Waals surface area contributed by atoms with Crippen LogP contribution in [0, 0.1) is 0 Å². The molecule has 0 radical (unpaired) electrons. The van der Waals surface area contributed by atoms with Crippen LogP contribution in [-0.4, -0.2) is 12.3 Å². The maximum absolute atomic E-state index is 12.6. The summed E-state index contributed by atoms with van der Waals surface area (Å²) in [6.07, 6.45) is -3.25. The van der Waals surface area contributed by atoms with Crippen molar-refractivity contribution in [2.24, 2.45) is 15.2 Å². The van der Waals surface area contributed by atoms with E-state index in [9.17, 15) is 18.0 Å². The van der Waals surface area contributed by atoms with E-state index in [1.165, 1.54) is 30.3 Å². The monoisotopic (exact) mass is 227 g/mol. The Bertz CT molecular complexity index is 480. The second kappa shape index (κ2) is 3.24. The summed E-state index contributed by atoms with van der Waals surface area (Å²) < 4.78 is 37.7. The molecule has 1 aliphatic heterocycles. The molecule has 1 aromatic rings. The lowest BCUT2D eigenvalue weighted by molar-refractivity contribution is -0.166. The van der Waals surface area contributed by atoms with Gasteiger partial charge in [-0.1, -0.05) is 12.1 Å². The van der Waals surface area contributed by atoms with E-state index in [0.29, 0.717) is 0 Å². The highest BCUT2D eigenvalue weighted by Crippen LogP contribution is 2.52. The summed E-state index contributed by atoms with van der Waals surface area (Å²) in [5.74, 6) is 0. The zero-order chi connectivity index (χ0) is 11.8. The van der Waals surface area contributed by atoms with Crippen LogP contribution in [0.3, 0.4) is 0 Å². The van der Waals surface area contributed by atoms with Crippen LogP contribution < -0.4 is 0 Å². The van der Waals surface area contributed by atoms with Crippen molar-refractivity contribution in [3.63, 3.8) is 0 Å². The Kier molecular flexibility index (Phi) is 2.13. The first-order valence-electron chi connectivity index (χ1n) is 4.19. The third-order valence-electron chi connectivity index (χ3n) is 2.14. The van der Waals surface area contributed by atoms with Gasteiger partial charge in [-0.3, -0.25) is 0 Å². The molecule has 1 aromatic carbocycles. The molecule has 82 valence electrons. The Hall–Kier alpha value is -2.01. The minimum atomic E-state index is -4.54. The molecule has 0 unspecified atom stereocenters. The maximum Gasteiger partial charge on any atom is 0.442 e. The van der Waals surface area contributed by atoms with Crippen LogP contribution in [0.1, 0.15) is 5.56 Å². The van der Waals surface area contributed by atoms with Gasteiger partial charge in [-0.05, 0) is 12.1 Å². The minimum absolute atomic E-state index is 0.0927. The van der Waals surface area contributed by atoms with Gasteiger partial charge in [-0.15, -0.1) is 10.2 Å². The minimum Gasteiger partial charge on any atom is -0.211 e. The number of aliphatic imine (C=N–C) groups is 1. The van der Waals surface area contributed by atoms with Gasteiger partial charge < -0.3 is 0 Å². The van der Waals surface area contributed by atoms with Crippen LogP contribution in [-0.2, 0) is 10.5 Å². The van der Waals surface area contributed by atoms with E-state index >= 15 is 0 Å². The van der Waals surface area contributed by atoms with Gasteiger partial charge in [0.2, 0.25) is 6.08 Å². The van der Waals surface area contributed by atoms with Crippen molar-refractivity contribution in [1.82, 2.24) is 0 Å². The highest BCUT2D eigenvalue weighted by molar-refractivity contribution is 5.50. The first kappa shape index (κ1) is 10.5. The van der Waals surface area contributed by atoms with Crippen LogP contribution in [0.2, 0.25) is 0 Å². The van der Waals surface area contributed by atoms with Crippen molar-refractivity contribution < 1.29 is 18.0 Å². The van der Waals surface area contributed by atoms with Gasteiger partial charge in [0, 0.05) is 5.56 Å². The van der Waals surface area contributed by atoms with Crippen molar-refractivity contribution in [1.29, 1.82) is 0 Å². The van der Waals surface area contributed by atoms with Crippen LogP contribution in [0.5, 0.6) is 0 Å². The first-order valence-corrected chi connectivity index (χ1v) is 4.19. The van der Waals surface area contributed by atoms with Gasteiger partial charge in [-0.2, -0.15) is 18.2 Å². The lowest BCUT2D eigenvalue weighted by Gasteiger charge is -2.14. The Morgan fingerprint density at radius 1 is 1.19 bits per heavy atom. The number of hydrogen-bond donors (Lipinski definition) is 0. The summed E-state index contributed by atoms with van der Waals surface area (Å²) in [4.78, 5) is 13.2. The average Bonchev–Trinajstić information content (AvgIpc) is 2.99. The van der Waals surface area contributed by atoms with E-state index in [1.807, 2.05) is 0 Å². The Morgan fingerprint density at radius 2 is 1.75 bits per heavy atom. The molecule has 0 N–H and O–H groups in total. The number of nitrogens with zero attached hydrogens (tertiary/aromatic N) is 3. The van der Waals surface area contributed by atoms with Crippen LogP contribution >= 0.6 is 0 Å². The summed E-state index contributed by atoms with van der Waals surface area (Å²) in [5.41, 5.74) is -2.28. The highest BCUT2D eigenvalue weighted by Gasteiger charge is 2.65. The normalized spacial score (nSPS) is 16.7. The van der Waals surface area contributed by atoms with Gasteiger partial charge in [0.25, 0.3) is 0 Å². The van der Waals surface area contributed by atoms with Crippen LogP contribution in [0.25, 0.3) is 0 Å². The fraction of sp³-hybridized carbons (Fsp3) is 0.222. The SMILES string of the molecule is O=C=Nc1ccc(C2(C(F)(F)F)N=N2)cc1. The van der Waals surface area contributed by atoms with Gasteiger partial charge in [0.05, 0.1) is 5.69 Å². The smallest absolute Gasteiger partial charge is 0.211 e. The molecule has 1 aliphatic rings. The summed E-state index contributed by atoms with van der Waals surface area (Å²) in [6, 6.07) is 4.92. The zero-order valence-electron chi connectivity index (χ0n) is 7.69. The fourth-order valence-corrected chi connectivity index (χ4v) is 1.26. The summed E-state index contributed by atoms with van der Waals surface area (Å²) in [7, 11) is 0. The van der Waals surface area contributed by atoms with E-state index in [4.69, 9.17) is 0 Å². The third-order valence-corrected chi connectivity index (χ3v) is 2.14. The molecular weight excluding hydrogens is 223 g/mol. The molecule has 4 nitrogen and oxygen atoms in total. The van der Waals surface area contributed by atoms with Gasteiger partial charge >= 0.3 is 11.8 Å². The molecule has 0 amide bonds. The van der Waals surface area contributed by atoms with Crippen LogP contribution in [0.15, 0.2) is 39.5 Å². The van der Waals surface area contributed by atoms with Crippen LogP contribution in [0.4, 0.5) is 18.9 Å². The lowest BCUT2D eigenvalue weighted by atomic mass is 10.0. The predicted octanol–water partition coefficient (Wildman–Crippen LogP) is 2.83. The third kappa shape index (κ3) is 1.51. The number of rotatable bonds is 2. The molecule has 0 fully saturated rings. The topological polar surface area (TPSA) is 54.1 Å². The van der Waals surface area contributed by atoms with E-state index in [0.717, 1.165) is 0 Å². The Balaban J connectivity index is 2.33. The number of hydrogen-bond acceptors (Lipinski definition) is 4. The van der Waals surface area contributed by atoms with Crippen molar-refractivity contribution in [3.05, 3.63) is 29.8 Å². The number of halogens is 3. The van der Waals surface area contributed by atoms with E-state index < -0.39 is 11.8 Å². The Morgan fingerprint density at radius 3 is 2.12 bits per heavy atom. The predicted molar refractivity (Wildman–Crippen MR) is 46.8 cm³/mol.